The van der Waals surface area contributed by atoms with Gasteiger partial charge in [0.25, 0.3) is 0 Å². The third-order valence-corrected chi connectivity index (χ3v) is 9.07. The Hall–Kier alpha value is -3.54. The highest BCUT2D eigenvalue weighted by molar-refractivity contribution is 7.10. The van der Waals surface area contributed by atoms with Gasteiger partial charge in [-0.05, 0) is 63.0 Å². The van der Waals surface area contributed by atoms with Gasteiger partial charge < -0.3 is 15.9 Å². The Morgan fingerprint density at radius 1 is 1.18 bits per heavy atom. The van der Waals surface area contributed by atoms with Crippen molar-refractivity contribution in [2.24, 2.45) is 29.4 Å². The van der Waals surface area contributed by atoms with Gasteiger partial charge in [-0.1, -0.05) is 12.1 Å². The second-order valence-electron chi connectivity index (χ2n) is 10.5. The van der Waals surface area contributed by atoms with Gasteiger partial charge in [0, 0.05) is 10.8 Å². The Morgan fingerprint density at radius 3 is 2.50 bits per heavy atom. The number of hydrogen-bond acceptors (Lipinski definition) is 10. The molecular formula is C27H27N3O7S. The van der Waals surface area contributed by atoms with Crippen LogP contribution in [0.3, 0.4) is 0 Å². The predicted octanol–water partition coefficient (Wildman–Crippen LogP) is 0.802. The Bertz CT molecular complexity index is 1440. The minimum Gasteiger partial charge on any atom is -0.507 e. The summed E-state index contributed by atoms with van der Waals surface area (Å²) in [6, 6.07) is 1.93. The summed E-state index contributed by atoms with van der Waals surface area (Å²) in [4.78, 5) is 72.7. The summed E-state index contributed by atoms with van der Waals surface area (Å²) in [6.07, 6.45) is 3.91. The van der Waals surface area contributed by atoms with Crippen LogP contribution in [-0.2, 0) is 25.6 Å². The smallest absolute Gasteiger partial charge is 0.235 e. The van der Waals surface area contributed by atoms with E-state index in [0.717, 1.165) is 10.6 Å². The maximum atomic E-state index is 13.8. The summed E-state index contributed by atoms with van der Waals surface area (Å²) in [5, 5.41) is 22.2. The van der Waals surface area contributed by atoms with Crippen LogP contribution in [0.5, 0.6) is 5.75 Å². The molecule has 3 aliphatic rings. The monoisotopic (exact) mass is 537 g/mol. The third kappa shape index (κ3) is 3.60. The number of phenols is 1. The standard InChI is InChI=1S/C27H27N3O7S/c1-11-17(38-10-29-11)7-5-12-4-6-16(31)19-14(12)8-13-9-15-21(30(2)3)23(33)20(26(28)36)25(35)27(15,37)24(34)18(13)22(19)32/h4-7,10,13,15,18,20-21,31,37H,8-9H2,1-3H3,(H2,28,36)/t13-,15-,18?,20?,21-,27-/m1/s1. The highest BCUT2D eigenvalue weighted by Gasteiger charge is 2.69. The van der Waals surface area contributed by atoms with Crippen molar-refractivity contribution in [3.05, 3.63) is 44.9 Å². The number of primary amides is 1. The second kappa shape index (κ2) is 9.04. The van der Waals surface area contributed by atoms with E-state index in [1.165, 1.54) is 22.3 Å². The van der Waals surface area contributed by atoms with E-state index in [4.69, 9.17) is 5.73 Å². The number of carbonyl (C=O) groups is 5. The largest absolute Gasteiger partial charge is 0.507 e. The van der Waals surface area contributed by atoms with Crippen LogP contribution in [0, 0.1) is 30.6 Å². The van der Waals surface area contributed by atoms with E-state index in [-0.39, 0.29) is 24.2 Å². The van der Waals surface area contributed by atoms with Crippen molar-refractivity contribution in [1.82, 2.24) is 9.88 Å². The molecule has 0 saturated heterocycles. The molecule has 3 aliphatic carbocycles. The zero-order valence-electron chi connectivity index (χ0n) is 21.0. The molecule has 0 spiro atoms. The molecule has 198 valence electrons. The fourth-order valence-electron chi connectivity index (χ4n) is 6.42. The molecule has 2 unspecified atom stereocenters. The Morgan fingerprint density at radius 2 is 1.89 bits per heavy atom. The summed E-state index contributed by atoms with van der Waals surface area (Å²) in [5.41, 5.74) is 6.39. The zero-order chi connectivity index (χ0) is 27.7. The summed E-state index contributed by atoms with van der Waals surface area (Å²) >= 11 is 1.46. The molecule has 2 fully saturated rings. The molecule has 11 heteroatoms. The van der Waals surface area contributed by atoms with Gasteiger partial charge in [0.2, 0.25) is 5.91 Å². The van der Waals surface area contributed by atoms with Crippen LogP contribution in [0.1, 0.15) is 38.5 Å². The van der Waals surface area contributed by atoms with Crippen molar-refractivity contribution in [3.63, 3.8) is 0 Å². The summed E-state index contributed by atoms with van der Waals surface area (Å²) in [7, 11) is 3.11. The lowest BCUT2D eigenvalue weighted by molar-refractivity contribution is -0.181. The maximum Gasteiger partial charge on any atom is 0.235 e. The number of thiazole rings is 1. The number of nitrogens with zero attached hydrogens (tertiary/aromatic N) is 2. The number of ketones is 4. The molecule has 1 aromatic carbocycles. The topological polar surface area (TPSA) is 168 Å². The van der Waals surface area contributed by atoms with Crippen LogP contribution in [0.4, 0.5) is 0 Å². The average Bonchev–Trinajstić information content (AvgIpc) is 3.25. The summed E-state index contributed by atoms with van der Waals surface area (Å²) in [6.45, 7) is 1.88. The molecule has 0 bridgehead atoms. The fourth-order valence-corrected chi connectivity index (χ4v) is 7.12. The lowest BCUT2D eigenvalue weighted by atomic mass is 9.52. The number of likely N-dealkylation sites (N-methyl/N-ethyl adjacent to an activating group) is 1. The van der Waals surface area contributed by atoms with Crippen LogP contribution in [0.2, 0.25) is 0 Å². The quantitative estimate of drug-likeness (QED) is 0.478. The molecule has 6 atom stereocenters. The van der Waals surface area contributed by atoms with E-state index >= 15 is 0 Å². The molecule has 1 heterocycles. The molecule has 1 amide bonds. The molecule has 2 aromatic rings. The number of phenolic OH excluding ortho intramolecular Hbond substituents is 1. The van der Waals surface area contributed by atoms with E-state index in [1.807, 2.05) is 19.1 Å². The number of amides is 1. The lowest BCUT2D eigenvalue weighted by Crippen LogP contribution is -2.74. The molecule has 2 saturated carbocycles. The number of nitrogens with two attached hydrogens (primary N) is 1. The van der Waals surface area contributed by atoms with Gasteiger partial charge in [-0.25, -0.2) is 4.98 Å². The first-order valence-corrected chi connectivity index (χ1v) is 13.0. The van der Waals surface area contributed by atoms with Crippen molar-refractivity contribution < 1.29 is 34.2 Å². The molecule has 5 rings (SSSR count). The minimum atomic E-state index is -2.73. The van der Waals surface area contributed by atoms with E-state index in [9.17, 15) is 34.2 Å². The molecule has 4 N–H and O–H groups in total. The number of aliphatic hydroxyl groups is 1. The Balaban J connectivity index is 1.61. The first-order valence-electron chi connectivity index (χ1n) is 12.2. The molecule has 0 aliphatic heterocycles. The second-order valence-corrected chi connectivity index (χ2v) is 11.3. The third-order valence-electron chi connectivity index (χ3n) is 8.18. The normalized spacial score (nSPS) is 30.9. The molecule has 38 heavy (non-hydrogen) atoms. The van der Waals surface area contributed by atoms with Crippen molar-refractivity contribution in [2.45, 2.75) is 31.4 Å². The number of Topliss-reactive ketones (excluding diaryl/α,β-unsaturated/α-hetero) is 4. The van der Waals surface area contributed by atoms with Gasteiger partial charge in [0.1, 0.15) is 5.75 Å². The maximum absolute atomic E-state index is 13.8. The van der Waals surface area contributed by atoms with E-state index in [0.29, 0.717) is 11.1 Å². The number of hydrogen-bond donors (Lipinski definition) is 3. The Labute approximate surface area is 222 Å². The highest BCUT2D eigenvalue weighted by atomic mass is 32.1. The SMILES string of the molecule is Cc1ncsc1C=Cc1ccc(O)c2c1C[C@@H]1C[C@@H]3[C@@H](N(C)C)C(=O)C(C(N)=O)C(=O)[C@]3(O)C(=O)C1C2=O. The Kier molecular flexibility index (Phi) is 6.20. The zero-order valence-corrected chi connectivity index (χ0v) is 21.8. The van der Waals surface area contributed by atoms with E-state index in [1.54, 1.807) is 25.7 Å². The number of carbonyl (C=O) groups excluding carboxylic acids is 5. The first-order chi connectivity index (χ1) is 17.9. The molecule has 0 radical (unpaired) electrons. The molecule has 1 aromatic heterocycles. The van der Waals surface area contributed by atoms with Crippen LogP contribution >= 0.6 is 11.3 Å². The van der Waals surface area contributed by atoms with Gasteiger partial charge >= 0.3 is 0 Å². The fraction of sp³-hybridized carbons (Fsp3) is 0.407. The minimum absolute atomic E-state index is 0.0106. The lowest BCUT2D eigenvalue weighted by Gasteiger charge is -2.52. The number of aromatic hydroxyl groups is 1. The number of fused-ring (bicyclic) bond motifs is 3. The van der Waals surface area contributed by atoms with Crippen LogP contribution in [0.15, 0.2) is 17.6 Å². The van der Waals surface area contributed by atoms with Crippen LogP contribution in [-0.4, -0.2) is 74.9 Å². The number of aromatic nitrogens is 1. The molecule has 10 nitrogen and oxygen atoms in total. The number of aryl methyl sites for hydroxylation is 1. The summed E-state index contributed by atoms with van der Waals surface area (Å²) < 4.78 is 0. The predicted molar refractivity (Wildman–Crippen MR) is 137 cm³/mol. The van der Waals surface area contributed by atoms with Crippen molar-refractivity contribution >= 4 is 52.5 Å². The molecular weight excluding hydrogens is 510 g/mol. The van der Waals surface area contributed by atoms with Crippen molar-refractivity contribution in [3.8, 4) is 5.75 Å². The van der Waals surface area contributed by atoms with E-state index < -0.39 is 64.4 Å². The van der Waals surface area contributed by atoms with Gasteiger partial charge in [-0.2, -0.15) is 0 Å². The van der Waals surface area contributed by atoms with Gasteiger partial charge in [-0.3, -0.25) is 28.9 Å². The van der Waals surface area contributed by atoms with Crippen LogP contribution in [0.25, 0.3) is 12.2 Å². The first kappa shape index (κ1) is 26.1. The highest BCUT2D eigenvalue weighted by Crippen LogP contribution is 2.51. The van der Waals surface area contributed by atoms with Crippen molar-refractivity contribution in [1.29, 1.82) is 0 Å². The average molecular weight is 538 g/mol. The number of benzene rings is 1. The van der Waals surface area contributed by atoms with Crippen molar-refractivity contribution in [2.75, 3.05) is 14.1 Å². The van der Waals surface area contributed by atoms with Gasteiger partial charge in [0.15, 0.2) is 34.7 Å². The van der Waals surface area contributed by atoms with Gasteiger partial charge in [-0.15, -0.1) is 11.3 Å². The van der Waals surface area contributed by atoms with E-state index in [2.05, 4.69) is 4.98 Å². The van der Waals surface area contributed by atoms with Gasteiger partial charge in [0.05, 0.1) is 28.7 Å². The van der Waals surface area contributed by atoms with Crippen LogP contribution < -0.4 is 5.73 Å². The summed E-state index contributed by atoms with van der Waals surface area (Å²) in [5.74, 6) is -10.5. The number of rotatable bonds is 4.